The molecule has 2 aliphatic carbocycles. The molecule has 0 amide bonds. The molecule has 0 heterocycles. The van der Waals surface area contributed by atoms with Crippen molar-refractivity contribution in [3.05, 3.63) is 311 Å². The van der Waals surface area contributed by atoms with Crippen LogP contribution >= 0.6 is 0 Å². The molecule has 0 aromatic heterocycles. The van der Waals surface area contributed by atoms with Crippen LogP contribution in [0.15, 0.2) is 267 Å². The minimum absolute atomic E-state index is 0.579. The number of hydrogen-bond acceptors (Lipinski definition) is 2. The lowest BCUT2D eigenvalue weighted by Gasteiger charge is -2.51. The van der Waals surface area contributed by atoms with Crippen molar-refractivity contribution in [2.75, 3.05) is 9.80 Å². The molecule has 2 heteroatoms. The Morgan fingerprint density at radius 3 is 1.02 bits per heavy atom. The van der Waals surface area contributed by atoms with Crippen LogP contribution in [-0.2, 0) is 10.8 Å². The second kappa shape index (κ2) is 15.3. The lowest BCUT2D eigenvalue weighted by atomic mass is 9.51. The molecule has 10 aromatic carbocycles. The number of rotatable bonds is 9. The van der Waals surface area contributed by atoms with Crippen LogP contribution in [0.5, 0.6) is 0 Å². The van der Waals surface area contributed by atoms with Gasteiger partial charge in [-0.05, 0) is 116 Å². The Kier molecular flexibility index (Phi) is 8.98. The molecule has 0 radical (unpaired) electrons. The van der Waals surface area contributed by atoms with Gasteiger partial charge < -0.3 is 9.80 Å². The first kappa shape index (κ1) is 37.6. The Hall–Kier alpha value is -8.20. The summed E-state index contributed by atoms with van der Waals surface area (Å²) in [4.78, 5) is 4.90. The fourth-order valence-electron chi connectivity index (χ4n) is 11.2. The highest BCUT2D eigenvalue weighted by atomic mass is 15.2. The number of benzene rings is 10. The summed E-state index contributed by atoms with van der Waals surface area (Å²) in [5.74, 6) is 0. The van der Waals surface area contributed by atoms with E-state index in [9.17, 15) is 0 Å². The second-order valence-electron chi connectivity index (χ2n) is 16.7. The molecule has 10 aromatic rings. The molecule has 302 valence electrons. The number of nitrogens with zero attached hydrogens (tertiary/aromatic N) is 2. The van der Waals surface area contributed by atoms with E-state index in [0.717, 1.165) is 34.1 Å². The van der Waals surface area contributed by atoms with Crippen LogP contribution in [0.4, 0.5) is 34.1 Å². The first-order valence-corrected chi connectivity index (χ1v) is 22.2. The van der Waals surface area contributed by atoms with E-state index in [1.807, 2.05) is 0 Å². The molecule has 0 aliphatic heterocycles. The number of anilines is 6. The molecule has 12 rings (SSSR count). The fraction of sp³-hybridized carbons (Fsp3) is 0.0323. The summed E-state index contributed by atoms with van der Waals surface area (Å²) < 4.78 is 0. The maximum Gasteiger partial charge on any atom is 0.0748 e. The van der Waals surface area contributed by atoms with E-state index in [2.05, 4.69) is 277 Å². The normalized spacial score (nSPS) is 15.1. The van der Waals surface area contributed by atoms with Crippen LogP contribution < -0.4 is 9.80 Å². The predicted octanol–water partition coefficient (Wildman–Crippen LogP) is 15.7. The Labute approximate surface area is 375 Å². The van der Waals surface area contributed by atoms with Gasteiger partial charge in [0.2, 0.25) is 0 Å². The van der Waals surface area contributed by atoms with Crippen LogP contribution in [0.2, 0.25) is 0 Å². The Morgan fingerprint density at radius 1 is 0.219 bits per heavy atom. The fourth-order valence-corrected chi connectivity index (χ4v) is 11.2. The average molecular weight is 817 g/mol. The topological polar surface area (TPSA) is 6.48 Å². The molecule has 0 saturated carbocycles. The molecule has 1 unspecified atom stereocenters. The maximum atomic E-state index is 2.45. The van der Waals surface area contributed by atoms with Crippen molar-refractivity contribution in [3.8, 4) is 11.1 Å². The summed E-state index contributed by atoms with van der Waals surface area (Å²) in [7, 11) is 0. The standard InChI is InChI=1S/C62H44N2/c1-6-25-45(26-7-1)61-52-37-17-16-35-50(52)51-36-24-42-57(60(51)61)62(54-39-19-18-38-53(54)61,55-40-20-22-43-58(55)63(46-27-8-2-9-28-46)47-29-10-3-11-30-47)56-41-21-23-44-59(56)64(48-31-12-4-13-32-48)49-33-14-5-15-34-49/h1-44H. The predicted molar refractivity (Wildman–Crippen MR) is 265 cm³/mol. The lowest BCUT2D eigenvalue weighted by molar-refractivity contribution is 0.627. The van der Waals surface area contributed by atoms with Gasteiger partial charge in [0, 0.05) is 22.7 Å². The van der Waals surface area contributed by atoms with Crippen LogP contribution in [0.1, 0.15) is 44.5 Å². The van der Waals surface area contributed by atoms with Crippen molar-refractivity contribution < 1.29 is 0 Å². The van der Waals surface area contributed by atoms with Gasteiger partial charge in [-0.25, -0.2) is 0 Å². The molecular formula is C62H44N2. The largest absolute Gasteiger partial charge is 0.310 e. The summed E-state index contributed by atoms with van der Waals surface area (Å²) in [5, 5.41) is 0. The van der Waals surface area contributed by atoms with Gasteiger partial charge >= 0.3 is 0 Å². The van der Waals surface area contributed by atoms with Gasteiger partial charge in [-0.3, -0.25) is 0 Å². The van der Waals surface area contributed by atoms with E-state index in [1.165, 1.54) is 55.6 Å². The van der Waals surface area contributed by atoms with E-state index >= 15 is 0 Å². The monoisotopic (exact) mass is 816 g/mol. The summed E-state index contributed by atoms with van der Waals surface area (Å²) in [6.45, 7) is 0. The zero-order valence-corrected chi connectivity index (χ0v) is 35.3. The van der Waals surface area contributed by atoms with E-state index in [1.54, 1.807) is 0 Å². The summed E-state index contributed by atoms with van der Waals surface area (Å²) in [6.07, 6.45) is 0. The third-order valence-electron chi connectivity index (χ3n) is 13.6. The highest BCUT2D eigenvalue weighted by Gasteiger charge is 2.58. The molecule has 0 N–H and O–H groups in total. The van der Waals surface area contributed by atoms with Gasteiger partial charge in [0.15, 0.2) is 0 Å². The Morgan fingerprint density at radius 2 is 0.547 bits per heavy atom. The summed E-state index contributed by atoms with van der Waals surface area (Å²) in [6, 6.07) is 98.5. The number of fused-ring (bicyclic) bond motifs is 5. The minimum atomic E-state index is -0.862. The van der Waals surface area contributed by atoms with Crippen molar-refractivity contribution in [1.29, 1.82) is 0 Å². The smallest absolute Gasteiger partial charge is 0.0748 e. The van der Waals surface area contributed by atoms with Crippen molar-refractivity contribution in [2.24, 2.45) is 0 Å². The highest BCUT2D eigenvalue weighted by molar-refractivity contribution is 5.95. The van der Waals surface area contributed by atoms with Gasteiger partial charge in [0.1, 0.15) is 0 Å². The van der Waals surface area contributed by atoms with Crippen LogP contribution in [0, 0.1) is 0 Å². The van der Waals surface area contributed by atoms with E-state index < -0.39 is 10.8 Å². The molecule has 2 nitrogen and oxygen atoms in total. The maximum absolute atomic E-state index is 2.45. The molecule has 0 fully saturated rings. The molecule has 0 spiro atoms. The summed E-state index contributed by atoms with van der Waals surface area (Å²) in [5.41, 5.74) is 17.8. The summed E-state index contributed by atoms with van der Waals surface area (Å²) >= 11 is 0. The van der Waals surface area contributed by atoms with Crippen LogP contribution in [0.3, 0.4) is 0 Å². The zero-order valence-electron chi connectivity index (χ0n) is 35.3. The average Bonchev–Trinajstić information content (AvgIpc) is 3.69. The molecule has 0 saturated heterocycles. The zero-order chi connectivity index (χ0) is 42.5. The van der Waals surface area contributed by atoms with Crippen molar-refractivity contribution in [3.63, 3.8) is 0 Å². The molecule has 0 bridgehead atoms. The minimum Gasteiger partial charge on any atom is -0.310 e. The first-order valence-electron chi connectivity index (χ1n) is 22.2. The molecule has 64 heavy (non-hydrogen) atoms. The Bertz CT molecular complexity index is 3070. The van der Waals surface area contributed by atoms with Crippen molar-refractivity contribution >= 4 is 34.1 Å². The number of para-hydroxylation sites is 6. The van der Waals surface area contributed by atoms with E-state index in [4.69, 9.17) is 0 Å². The van der Waals surface area contributed by atoms with E-state index in [-0.39, 0.29) is 0 Å². The van der Waals surface area contributed by atoms with Gasteiger partial charge in [0.05, 0.1) is 22.2 Å². The van der Waals surface area contributed by atoms with Gasteiger partial charge in [-0.2, -0.15) is 0 Å². The Balaban J connectivity index is 1.29. The van der Waals surface area contributed by atoms with Crippen molar-refractivity contribution in [2.45, 2.75) is 10.8 Å². The number of hydrogen-bond donors (Lipinski definition) is 0. The van der Waals surface area contributed by atoms with Crippen LogP contribution in [0.25, 0.3) is 11.1 Å². The SMILES string of the molecule is c1ccc(N(c2ccccc2)c2ccccc2C2(c3ccccc3N(c3ccccc3)c3ccccc3)c3ccccc3C3(c4ccccc4)c4ccccc4-c4cccc2c43)cc1. The molecule has 2 aliphatic rings. The van der Waals surface area contributed by atoms with Crippen molar-refractivity contribution in [1.82, 2.24) is 0 Å². The third kappa shape index (κ3) is 5.46. The van der Waals surface area contributed by atoms with E-state index in [0.29, 0.717) is 0 Å². The highest BCUT2D eigenvalue weighted by Crippen LogP contribution is 2.67. The van der Waals surface area contributed by atoms with Gasteiger partial charge in [0.25, 0.3) is 0 Å². The first-order chi connectivity index (χ1) is 31.8. The van der Waals surface area contributed by atoms with Gasteiger partial charge in [-0.15, -0.1) is 0 Å². The van der Waals surface area contributed by atoms with Crippen LogP contribution in [-0.4, -0.2) is 0 Å². The molecule has 1 atom stereocenters. The quantitative estimate of drug-likeness (QED) is 0.143. The van der Waals surface area contributed by atoms with Gasteiger partial charge in [-0.1, -0.05) is 206 Å². The third-order valence-corrected chi connectivity index (χ3v) is 13.6. The molecular weight excluding hydrogens is 773 g/mol. The lowest BCUT2D eigenvalue weighted by Crippen LogP contribution is -2.45. The second-order valence-corrected chi connectivity index (χ2v) is 16.7.